The molecule has 3 aromatic carbocycles. The fourth-order valence-corrected chi connectivity index (χ4v) is 5.16. The second-order valence-corrected chi connectivity index (χ2v) is 10.4. The first-order valence-electron chi connectivity index (χ1n) is 13.3. The molecule has 1 N–H and O–H groups in total. The highest BCUT2D eigenvalue weighted by Gasteiger charge is 2.14. The van der Waals surface area contributed by atoms with E-state index >= 15 is 0 Å². The average molecular weight is 550 g/mol. The van der Waals surface area contributed by atoms with Crippen molar-refractivity contribution in [2.24, 2.45) is 0 Å². The minimum atomic E-state index is -0.792. The van der Waals surface area contributed by atoms with E-state index in [2.05, 4.69) is 58.8 Å². The van der Waals surface area contributed by atoms with E-state index in [1.165, 1.54) is 5.56 Å². The summed E-state index contributed by atoms with van der Waals surface area (Å²) in [4.78, 5) is 22.8. The third kappa shape index (κ3) is 7.77. The Labute approximate surface area is 238 Å². The van der Waals surface area contributed by atoms with E-state index in [-0.39, 0.29) is 6.42 Å². The van der Waals surface area contributed by atoms with Gasteiger partial charge in [-0.15, -0.1) is 11.3 Å². The number of nitrogens with zero attached hydrogens (tertiary/aromatic N) is 3. The molecule has 0 saturated carbocycles. The lowest BCUT2D eigenvalue weighted by Gasteiger charge is -2.22. The summed E-state index contributed by atoms with van der Waals surface area (Å²) in [5.74, 6) is -0.0487. The predicted molar refractivity (Wildman–Crippen MR) is 160 cm³/mol. The van der Waals surface area contributed by atoms with Gasteiger partial charge in [-0.05, 0) is 42.2 Å². The number of hydrogen-bond donors (Lipinski definition) is 1. The average Bonchev–Trinajstić information content (AvgIpc) is 3.50. The van der Waals surface area contributed by atoms with E-state index in [0.717, 1.165) is 51.9 Å². The second-order valence-electron chi connectivity index (χ2n) is 9.52. The van der Waals surface area contributed by atoms with Gasteiger partial charge in [0.25, 0.3) is 0 Å². The van der Waals surface area contributed by atoms with Crippen LogP contribution in [0.4, 0.5) is 5.13 Å². The van der Waals surface area contributed by atoms with Crippen molar-refractivity contribution < 1.29 is 14.6 Å². The van der Waals surface area contributed by atoms with Crippen molar-refractivity contribution in [3.8, 4) is 17.0 Å². The van der Waals surface area contributed by atoms with E-state index in [0.29, 0.717) is 19.6 Å². The topological polar surface area (TPSA) is 75.6 Å². The highest BCUT2D eigenvalue weighted by Crippen LogP contribution is 2.28. The standard InChI is InChI=1S/C33H31N3O3S/c37-32(38)18-14-26-12-16-30(17-13-26)39-23-27-11-15-29(34-21-27)22-36(20-19-25-7-3-1-4-8-25)33-35-31(24-40-33)28-9-5-2-6-10-28/h1-13,15-17,21,24H,14,18-20,22-23H2,(H,37,38). The SMILES string of the molecule is O=C(O)CCc1ccc(OCc2ccc(CN(CCc3ccccc3)c3nc(-c4ccccc4)cs3)nc2)cc1. The zero-order chi connectivity index (χ0) is 27.6. The molecule has 0 saturated heterocycles. The van der Waals surface area contributed by atoms with Crippen LogP contribution in [0.2, 0.25) is 0 Å². The number of hydrogen-bond acceptors (Lipinski definition) is 6. The lowest BCUT2D eigenvalue weighted by atomic mass is 10.1. The Hall–Kier alpha value is -4.49. The van der Waals surface area contributed by atoms with E-state index in [4.69, 9.17) is 19.8 Å². The van der Waals surface area contributed by atoms with Crippen molar-refractivity contribution in [3.05, 3.63) is 131 Å². The van der Waals surface area contributed by atoms with Gasteiger partial charge in [-0.1, -0.05) is 78.9 Å². The summed E-state index contributed by atoms with van der Waals surface area (Å²) < 4.78 is 5.92. The van der Waals surface area contributed by atoms with E-state index in [1.807, 2.05) is 54.7 Å². The van der Waals surface area contributed by atoms with Gasteiger partial charge in [0, 0.05) is 35.7 Å². The lowest BCUT2D eigenvalue weighted by molar-refractivity contribution is -0.136. The number of carboxylic acid groups (broad SMARTS) is 1. The molecule has 5 aromatic rings. The van der Waals surface area contributed by atoms with Crippen LogP contribution in [0.3, 0.4) is 0 Å². The molecule has 0 bridgehead atoms. The summed E-state index contributed by atoms with van der Waals surface area (Å²) in [7, 11) is 0. The summed E-state index contributed by atoms with van der Waals surface area (Å²) >= 11 is 1.66. The van der Waals surface area contributed by atoms with Gasteiger partial charge in [0.2, 0.25) is 0 Å². The first kappa shape index (κ1) is 27.1. The number of thiazole rings is 1. The van der Waals surface area contributed by atoms with E-state index in [9.17, 15) is 4.79 Å². The molecule has 7 heteroatoms. The molecular formula is C33H31N3O3S. The van der Waals surface area contributed by atoms with Gasteiger partial charge in [0.05, 0.1) is 17.9 Å². The first-order chi connectivity index (χ1) is 19.6. The van der Waals surface area contributed by atoms with Crippen molar-refractivity contribution in [1.82, 2.24) is 9.97 Å². The summed E-state index contributed by atoms with van der Waals surface area (Å²) in [5.41, 5.74) is 6.33. The van der Waals surface area contributed by atoms with Crippen LogP contribution in [-0.2, 0) is 30.8 Å². The van der Waals surface area contributed by atoms with Gasteiger partial charge in [0.1, 0.15) is 12.4 Å². The van der Waals surface area contributed by atoms with Gasteiger partial charge in [-0.2, -0.15) is 0 Å². The molecule has 0 aliphatic heterocycles. The molecule has 0 aliphatic carbocycles. The lowest BCUT2D eigenvalue weighted by Crippen LogP contribution is -2.25. The Morgan fingerprint density at radius 1 is 0.825 bits per heavy atom. The van der Waals surface area contributed by atoms with Crippen molar-refractivity contribution >= 4 is 22.4 Å². The Morgan fingerprint density at radius 3 is 2.23 bits per heavy atom. The Bertz CT molecular complexity index is 1490. The molecule has 0 atom stereocenters. The number of carboxylic acids is 1. The van der Waals surface area contributed by atoms with Crippen molar-refractivity contribution in [1.29, 1.82) is 0 Å². The van der Waals surface area contributed by atoms with Crippen molar-refractivity contribution in [3.63, 3.8) is 0 Å². The molecule has 2 aromatic heterocycles. The third-order valence-corrected chi connectivity index (χ3v) is 7.44. The minimum Gasteiger partial charge on any atom is -0.489 e. The van der Waals surface area contributed by atoms with Gasteiger partial charge < -0.3 is 14.7 Å². The van der Waals surface area contributed by atoms with Crippen LogP contribution in [0.1, 0.15) is 28.8 Å². The maximum absolute atomic E-state index is 10.8. The van der Waals surface area contributed by atoms with E-state index in [1.54, 1.807) is 11.3 Å². The normalized spacial score (nSPS) is 10.8. The van der Waals surface area contributed by atoms with Gasteiger partial charge >= 0.3 is 5.97 Å². The van der Waals surface area contributed by atoms with Gasteiger partial charge in [-0.3, -0.25) is 9.78 Å². The highest BCUT2D eigenvalue weighted by molar-refractivity contribution is 7.14. The van der Waals surface area contributed by atoms with Crippen LogP contribution >= 0.6 is 11.3 Å². The third-order valence-electron chi connectivity index (χ3n) is 6.54. The fraction of sp³-hybridized carbons (Fsp3) is 0.182. The fourth-order valence-electron chi connectivity index (χ4n) is 4.30. The number of aryl methyl sites for hydroxylation is 1. The molecule has 0 fully saturated rings. The van der Waals surface area contributed by atoms with Crippen LogP contribution in [0.5, 0.6) is 5.75 Å². The highest BCUT2D eigenvalue weighted by atomic mass is 32.1. The molecule has 0 spiro atoms. The molecule has 0 aliphatic rings. The van der Waals surface area contributed by atoms with Crippen LogP contribution in [-0.4, -0.2) is 27.6 Å². The van der Waals surface area contributed by atoms with E-state index < -0.39 is 5.97 Å². The van der Waals surface area contributed by atoms with Crippen LogP contribution in [0, 0.1) is 0 Å². The molecule has 0 unspecified atom stereocenters. The maximum Gasteiger partial charge on any atom is 0.303 e. The minimum absolute atomic E-state index is 0.124. The van der Waals surface area contributed by atoms with Crippen LogP contribution in [0.15, 0.2) is 109 Å². The number of pyridine rings is 1. The van der Waals surface area contributed by atoms with Gasteiger partial charge in [0.15, 0.2) is 5.13 Å². The zero-order valence-corrected chi connectivity index (χ0v) is 23.0. The Morgan fingerprint density at radius 2 is 1.52 bits per heavy atom. The number of anilines is 1. The molecule has 40 heavy (non-hydrogen) atoms. The second kappa shape index (κ2) is 13.5. The first-order valence-corrected chi connectivity index (χ1v) is 14.2. The van der Waals surface area contributed by atoms with Gasteiger partial charge in [-0.25, -0.2) is 4.98 Å². The maximum atomic E-state index is 10.8. The monoisotopic (exact) mass is 549 g/mol. The molecular weight excluding hydrogens is 518 g/mol. The molecule has 2 heterocycles. The molecule has 0 radical (unpaired) electrons. The summed E-state index contributed by atoms with van der Waals surface area (Å²) in [5, 5.41) is 11.9. The van der Waals surface area contributed by atoms with Crippen molar-refractivity contribution in [2.45, 2.75) is 32.4 Å². The number of rotatable bonds is 13. The molecule has 6 nitrogen and oxygen atoms in total. The number of ether oxygens (including phenoxy) is 1. The number of aromatic nitrogens is 2. The molecule has 0 amide bonds. The summed E-state index contributed by atoms with van der Waals surface area (Å²) in [6, 6.07) is 32.4. The number of benzene rings is 3. The van der Waals surface area contributed by atoms with Crippen LogP contribution < -0.4 is 9.64 Å². The summed E-state index contributed by atoms with van der Waals surface area (Å²) in [6.07, 6.45) is 3.42. The molecule has 5 rings (SSSR count). The smallest absolute Gasteiger partial charge is 0.303 e. The largest absolute Gasteiger partial charge is 0.489 e. The Balaban J connectivity index is 1.22. The Kier molecular flexibility index (Phi) is 9.17. The number of carbonyl (C=O) groups is 1. The number of aliphatic carboxylic acids is 1. The quantitative estimate of drug-likeness (QED) is 0.170. The zero-order valence-electron chi connectivity index (χ0n) is 22.1. The molecule has 202 valence electrons. The van der Waals surface area contributed by atoms with Crippen LogP contribution in [0.25, 0.3) is 11.3 Å². The predicted octanol–water partition coefficient (Wildman–Crippen LogP) is 7.05. The van der Waals surface area contributed by atoms with Crippen molar-refractivity contribution in [2.75, 3.05) is 11.4 Å². The summed E-state index contributed by atoms with van der Waals surface area (Å²) in [6.45, 7) is 1.90.